The van der Waals surface area contributed by atoms with Crippen molar-refractivity contribution < 1.29 is 4.79 Å². The minimum absolute atomic E-state index is 0.0485. The maximum Gasteiger partial charge on any atom is 0.195 e. The lowest BCUT2D eigenvalue weighted by molar-refractivity contribution is 0.103. The van der Waals surface area contributed by atoms with Gasteiger partial charge in [0.15, 0.2) is 5.78 Å². The van der Waals surface area contributed by atoms with E-state index in [4.69, 9.17) is 0 Å². The van der Waals surface area contributed by atoms with Crippen molar-refractivity contribution in [3.63, 3.8) is 0 Å². The summed E-state index contributed by atoms with van der Waals surface area (Å²) in [4.78, 5) is 12.7. The Morgan fingerprint density at radius 2 is 1.84 bits per heavy atom. The fourth-order valence-corrected chi connectivity index (χ4v) is 4.13. The topological polar surface area (TPSA) is 17.1 Å². The Balaban J connectivity index is 2.16. The van der Waals surface area contributed by atoms with Crippen LogP contribution in [0.1, 0.15) is 15.9 Å². The highest BCUT2D eigenvalue weighted by molar-refractivity contribution is 9.11. The number of rotatable bonds is 2. The van der Waals surface area contributed by atoms with Crippen LogP contribution in [-0.4, -0.2) is 5.78 Å². The van der Waals surface area contributed by atoms with Gasteiger partial charge in [-0.3, -0.25) is 4.79 Å². The van der Waals surface area contributed by atoms with E-state index in [-0.39, 0.29) is 5.78 Å². The molecular weight excluding hydrogens is 388 g/mol. The second kappa shape index (κ2) is 5.19. The van der Waals surface area contributed by atoms with Gasteiger partial charge in [0.2, 0.25) is 0 Å². The summed E-state index contributed by atoms with van der Waals surface area (Å²) in [6.07, 6.45) is 0. The molecular formula is C15H8Br2OS. The minimum Gasteiger partial charge on any atom is -0.289 e. The van der Waals surface area contributed by atoms with Crippen molar-refractivity contribution in [3.05, 3.63) is 67.9 Å². The van der Waals surface area contributed by atoms with E-state index in [2.05, 4.69) is 31.9 Å². The molecule has 94 valence electrons. The Morgan fingerprint density at radius 1 is 1.00 bits per heavy atom. The Morgan fingerprint density at radius 3 is 2.63 bits per heavy atom. The summed E-state index contributed by atoms with van der Waals surface area (Å²) in [5.74, 6) is 0.0485. The molecule has 1 nitrogen and oxygen atoms in total. The quantitative estimate of drug-likeness (QED) is 0.512. The van der Waals surface area contributed by atoms with Crippen LogP contribution in [0.4, 0.5) is 0 Å². The maximum atomic E-state index is 12.7. The van der Waals surface area contributed by atoms with Crippen LogP contribution in [0.25, 0.3) is 10.1 Å². The molecule has 0 saturated carbocycles. The predicted octanol–water partition coefficient (Wildman–Crippen LogP) is 5.66. The van der Waals surface area contributed by atoms with Gasteiger partial charge in [0, 0.05) is 24.8 Å². The van der Waals surface area contributed by atoms with Crippen LogP contribution in [0.5, 0.6) is 0 Å². The Kier molecular flexibility index (Phi) is 3.56. The smallest absolute Gasteiger partial charge is 0.195 e. The zero-order valence-corrected chi connectivity index (χ0v) is 13.7. The third kappa shape index (κ3) is 2.40. The van der Waals surface area contributed by atoms with Gasteiger partial charge < -0.3 is 0 Å². The molecule has 0 N–H and O–H groups in total. The molecule has 1 heterocycles. The van der Waals surface area contributed by atoms with E-state index < -0.39 is 0 Å². The molecule has 0 aliphatic rings. The number of carbonyl (C=O) groups is 1. The predicted molar refractivity (Wildman–Crippen MR) is 87.1 cm³/mol. The highest BCUT2D eigenvalue weighted by Crippen LogP contribution is 2.29. The van der Waals surface area contributed by atoms with Crippen molar-refractivity contribution in [2.75, 3.05) is 0 Å². The molecule has 2 aromatic carbocycles. The van der Waals surface area contributed by atoms with Crippen molar-refractivity contribution in [1.82, 2.24) is 0 Å². The lowest BCUT2D eigenvalue weighted by Gasteiger charge is -2.05. The molecule has 0 aliphatic carbocycles. The van der Waals surface area contributed by atoms with E-state index in [0.29, 0.717) is 5.56 Å². The highest BCUT2D eigenvalue weighted by atomic mass is 79.9. The fourth-order valence-electron chi connectivity index (χ4n) is 1.99. The SMILES string of the molecule is O=C(c1ccc(Br)cc1Br)c1cccc2ccsc12. The zero-order chi connectivity index (χ0) is 13.4. The van der Waals surface area contributed by atoms with Crippen molar-refractivity contribution in [1.29, 1.82) is 0 Å². The van der Waals surface area contributed by atoms with Crippen molar-refractivity contribution in [2.45, 2.75) is 0 Å². The first-order valence-corrected chi connectivity index (χ1v) is 8.09. The first kappa shape index (κ1) is 13.0. The number of halogens is 2. The monoisotopic (exact) mass is 394 g/mol. The van der Waals surface area contributed by atoms with Gasteiger partial charge in [0.1, 0.15) is 0 Å². The summed E-state index contributed by atoms with van der Waals surface area (Å²) in [7, 11) is 0. The maximum absolute atomic E-state index is 12.7. The van der Waals surface area contributed by atoms with E-state index in [1.807, 2.05) is 47.8 Å². The van der Waals surface area contributed by atoms with Gasteiger partial charge in [-0.1, -0.05) is 28.1 Å². The molecule has 0 aliphatic heterocycles. The lowest BCUT2D eigenvalue weighted by atomic mass is 10.0. The van der Waals surface area contributed by atoms with E-state index in [1.165, 1.54) is 0 Å². The molecule has 0 atom stereocenters. The summed E-state index contributed by atoms with van der Waals surface area (Å²) < 4.78 is 2.80. The Hall–Kier alpha value is -0.970. The average Bonchev–Trinajstić information content (AvgIpc) is 2.86. The molecule has 1 aromatic heterocycles. The molecule has 4 heteroatoms. The van der Waals surface area contributed by atoms with Gasteiger partial charge >= 0.3 is 0 Å². The summed E-state index contributed by atoms with van der Waals surface area (Å²) in [6.45, 7) is 0. The fraction of sp³-hybridized carbons (Fsp3) is 0. The summed E-state index contributed by atoms with van der Waals surface area (Å²) in [6, 6.07) is 13.5. The lowest BCUT2D eigenvalue weighted by Crippen LogP contribution is -2.02. The molecule has 0 spiro atoms. The summed E-state index contributed by atoms with van der Waals surface area (Å²) in [5, 5.41) is 3.13. The summed E-state index contributed by atoms with van der Waals surface area (Å²) in [5.41, 5.74) is 1.44. The van der Waals surface area contributed by atoms with Crippen LogP contribution in [0, 0.1) is 0 Å². The average molecular weight is 396 g/mol. The standard InChI is InChI=1S/C15H8Br2OS/c16-10-4-5-11(13(17)8-10)14(18)12-3-1-2-9-6-7-19-15(9)12/h1-8H. The second-order valence-electron chi connectivity index (χ2n) is 4.10. The molecule has 0 unspecified atom stereocenters. The Bertz CT molecular complexity index is 777. The molecule has 0 saturated heterocycles. The van der Waals surface area contributed by atoms with Crippen molar-refractivity contribution in [2.24, 2.45) is 0 Å². The van der Waals surface area contributed by atoms with E-state index in [0.717, 1.165) is 24.6 Å². The molecule has 0 bridgehead atoms. The molecule has 0 radical (unpaired) electrons. The zero-order valence-electron chi connectivity index (χ0n) is 9.69. The van der Waals surface area contributed by atoms with Crippen LogP contribution < -0.4 is 0 Å². The third-order valence-corrected chi connectivity index (χ3v) is 5.01. The molecule has 0 amide bonds. The van der Waals surface area contributed by atoms with Gasteiger partial charge in [-0.15, -0.1) is 11.3 Å². The number of thiophene rings is 1. The van der Waals surface area contributed by atoms with Crippen LogP contribution in [0.2, 0.25) is 0 Å². The van der Waals surface area contributed by atoms with Gasteiger partial charge in [-0.05, 0) is 57.0 Å². The summed E-state index contributed by atoms with van der Waals surface area (Å²) >= 11 is 8.45. The van der Waals surface area contributed by atoms with Gasteiger partial charge in [-0.25, -0.2) is 0 Å². The molecule has 3 rings (SSSR count). The normalized spacial score (nSPS) is 10.8. The van der Waals surface area contributed by atoms with Gasteiger partial charge in [-0.2, -0.15) is 0 Å². The number of fused-ring (bicyclic) bond motifs is 1. The minimum atomic E-state index is 0.0485. The molecule has 0 fully saturated rings. The third-order valence-electron chi connectivity index (χ3n) is 2.90. The largest absolute Gasteiger partial charge is 0.289 e. The number of carbonyl (C=O) groups excluding carboxylic acids is 1. The van der Waals surface area contributed by atoms with Crippen LogP contribution in [-0.2, 0) is 0 Å². The second-order valence-corrected chi connectivity index (χ2v) is 6.78. The molecule has 19 heavy (non-hydrogen) atoms. The van der Waals surface area contributed by atoms with Crippen molar-refractivity contribution in [3.8, 4) is 0 Å². The number of ketones is 1. The highest BCUT2D eigenvalue weighted by Gasteiger charge is 2.15. The van der Waals surface area contributed by atoms with Gasteiger partial charge in [0.25, 0.3) is 0 Å². The van der Waals surface area contributed by atoms with E-state index in [9.17, 15) is 4.79 Å². The first-order valence-electron chi connectivity index (χ1n) is 5.63. The molecule has 3 aromatic rings. The first-order chi connectivity index (χ1) is 9.16. The number of benzene rings is 2. The van der Waals surface area contributed by atoms with Crippen LogP contribution in [0.3, 0.4) is 0 Å². The van der Waals surface area contributed by atoms with Crippen molar-refractivity contribution >= 4 is 59.1 Å². The van der Waals surface area contributed by atoms with E-state index in [1.54, 1.807) is 11.3 Å². The number of hydrogen-bond donors (Lipinski definition) is 0. The number of hydrogen-bond acceptors (Lipinski definition) is 2. The van der Waals surface area contributed by atoms with Crippen LogP contribution >= 0.6 is 43.2 Å². The van der Waals surface area contributed by atoms with Gasteiger partial charge in [0.05, 0.1) is 0 Å². The van der Waals surface area contributed by atoms with Crippen LogP contribution in [0.15, 0.2) is 56.8 Å². The van der Waals surface area contributed by atoms with E-state index >= 15 is 0 Å². The Labute approximate surface area is 131 Å².